The molecular weight excluding hydrogens is 293 g/mol. The fourth-order valence-corrected chi connectivity index (χ4v) is 2.12. The summed E-state index contributed by atoms with van der Waals surface area (Å²) < 4.78 is 13.4. The van der Waals surface area contributed by atoms with Crippen molar-refractivity contribution in [2.45, 2.75) is 6.54 Å². The number of nitro benzene ring substituents is 2. The minimum Gasteiger partial charge on any atom is -0.364 e. The highest BCUT2D eigenvalue weighted by molar-refractivity contribution is 5.63. The van der Waals surface area contributed by atoms with Crippen molar-refractivity contribution >= 4 is 17.1 Å². The Morgan fingerprint density at radius 2 is 1.68 bits per heavy atom. The van der Waals surface area contributed by atoms with Crippen molar-refractivity contribution in [1.82, 2.24) is 0 Å². The third-order valence-electron chi connectivity index (χ3n) is 3.14. The van der Waals surface area contributed by atoms with E-state index in [9.17, 15) is 24.6 Å². The van der Waals surface area contributed by atoms with Gasteiger partial charge in [0, 0.05) is 37.4 Å². The number of halogens is 1. The van der Waals surface area contributed by atoms with Crippen molar-refractivity contribution in [2.75, 3.05) is 11.9 Å². The molecule has 0 aliphatic carbocycles. The summed E-state index contributed by atoms with van der Waals surface area (Å²) in [6.07, 6.45) is 0. The maximum absolute atomic E-state index is 13.4. The number of hydrogen-bond acceptors (Lipinski definition) is 5. The zero-order valence-electron chi connectivity index (χ0n) is 11.6. The predicted molar refractivity (Wildman–Crippen MR) is 78.3 cm³/mol. The minimum atomic E-state index is -0.620. The van der Waals surface area contributed by atoms with Crippen LogP contribution in [0.1, 0.15) is 5.56 Å². The van der Waals surface area contributed by atoms with Crippen molar-refractivity contribution in [2.24, 2.45) is 0 Å². The summed E-state index contributed by atoms with van der Waals surface area (Å²) in [5, 5.41) is 22.0. The number of rotatable bonds is 5. The van der Waals surface area contributed by atoms with Gasteiger partial charge in [-0.1, -0.05) is 18.2 Å². The summed E-state index contributed by atoms with van der Waals surface area (Å²) >= 11 is 0. The lowest BCUT2D eigenvalue weighted by Gasteiger charge is -2.19. The summed E-state index contributed by atoms with van der Waals surface area (Å²) in [6.45, 7) is 0.0431. The molecule has 0 N–H and O–H groups in total. The lowest BCUT2D eigenvalue weighted by atomic mass is 10.1. The van der Waals surface area contributed by atoms with Crippen molar-refractivity contribution in [3.63, 3.8) is 0 Å². The average molecular weight is 305 g/mol. The van der Waals surface area contributed by atoms with Gasteiger partial charge in [0.05, 0.1) is 9.85 Å². The SMILES string of the molecule is CN(Cc1ccccc1[N+](=O)[O-])c1cc(F)ccc1[N+](=O)[O-]. The number of para-hydroxylation sites is 1. The lowest BCUT2D eigenvalue weighted by molar-refractivity contribution is -0.385. The molecule has 0 saturated carbocycles. The number of nitro groups is 2. The fraction of sp³-hybridized carbons (Fsp3) is 0.143. The molecule has 114 valence electrons. The Bertz CT molecular complexity index is 736. The summed E-state index contributed by atoms with van der Waals surface area (Å²) in [4.78, 5) is 22.3. The highest BCUT2D eigenvalue weighted by atomic mass is 19.1. The van der Waals surface area contributed by atoms with E-state index in [4.69, 9.17) is 0 Å². The number of benzene rings is 2. The van der Waals surface area contributed by atoms with Crippen LogP contribution in [0.5, 0.6) is 0 Å². The smallest absolute Gasteiger partial charge is 0.292 e. The van der Waals surface area contributed by atoms with E-state index in [0.29, 0.717) is 5.56 Å². The highest BCUT2D eigenvalue weighted by Gasteiger charge is 2.20. The molecule has 0 radical (unpaired) electrons. The van der Waals surface area contributed by atoms with Crippen molar-refractivity contribution in [1.29, 1.82) is 0 Å². The van der Waals surface area contributed by atoms with Crippen molar-refractivity contribution < 1.29 is 14.2 Å². The zero-order chi connectivity index (χ0) is 16.3. The maximum Gasteiger partial charge on any atom is 0.292 e. The Kier molecular flexibility index (Phi) is 4.31. The predicted octanol–water partition coefficient (Wildman–Crippen LogP) is 3.28. The average Bonchev–Trinajstić information content (AvgIpc) is 2.47. The van der Waals surface area contributed by atoms with Gasteiger partial charge in [0.2, 0.25) is 0 Å². The first-order chi connectivity index (χ1) is 10.4. The molecule has 0 amide bonds. The molecule has 0 aromatic heterocycles. The van der Waals surface area contributed by atoms with Crippen LogP contribution in [0, 0.1) is 26.0 Å². The van der Waals surface area contributed by atoms with E-state index in [2.05, 4.69) is 0 Å². The molecule has 2 aromatic rings. The molecule has 0 bridgehead atoms. The first kappa shape index (κ1) is 15.4. The van der Waals surface area contributed by atoms with Gasteiger partial charge in [-0.05, 0) is 6.07 Å². The van der Waals surface area contributed by atoms with Crippen LogP contribution in [-0.2, 0) is 6.54 Å². The molecule has 0 unspecified atom stereocenters. The van der Waals surface area contributed by atoms with Gasteiger partial charge in [0.15, 0.2) is 0 Å². The Hall–Kier alpha value is -3.03. The second kappa shape index (κ2) is 6.17. The molecule has 7 nitrogen and oxygen atoms in total. The summed E-state index contributed by atoms with van der Waals surface area (Å²) in [7, 11) is 1.51. The Labute approximate surface area is 124 Å². The molecule has 2 rings (SSSR count). The molecule has 0 atom stereocenters. The van der Waals surface area contributed by atoms with Gasteiger partial charge in [-0.2, -0.15) is 0 Å². The minimum absolute atomic E-state index is 0.0431. The van der Waals surface area contributed by atoms with Crippen molar-refractivity contribution in [3.8, 4) is 0 Å². The fourth-order valence-electron chi connectivity index (χ4n) is 2.12. The third-order valence-corrected chi connectivity index (χ3v) is 3.14. The quantitative estimate of drug-likeness (QED) is 0.624. The molecule has 22 heavy (non-hydrogen) atoms. The van der Waals surface area contributed by atoms with Gasteiger partial charge in [-0.25, -0.2) is 4.39 Å². The Morgan fingerprint density at radius 1 is 1.05 bits per heavy atom. The van der Waals surface area contributed by atoms with Gasteiger partial charge in [0.1, 0.15) is 11.5 Å². The van der Waals surface area contributed by atoms with E-state index >= 15 is 0 Å². The van der Waals surface area contributed by atoms with E-state index in [0.717, 1.165) is 18.2 Å². The molecular formula is C14H12FN3O4. The standard InChI is InChI=1S/C14H12FN3O4/c1-16(9-10-4-2-3-5-12(10)17(19)20)14-8-11(15)6-7-13(14)18(21)22/h2-8H,9H2,1H3. The molecule has 8 heteroatoms. The monoisotopic (exact) mass is 305 g/mol. The molecule has 0 aliphatic rings. The normalized spacial score (nSPS) is 10.3. The van der Waals surface area contributed by atoms with Gasteiger partial charge >= 0.3 is 0 Å². The molecule has 0 fully saturated rings. The van der Waals surface area contributed by atoms with Crippen LogP contribution in [0.2, 0.25) is 0 Å². The first-order valence-electron chi connectivity index (χ1n) is 6.27. The Morgan fingerprint density at radius 3 is 2.32 bits per heavy atom. The van der Waals surface area contributed by atoms with Crippen LogP contribution >= 0.6 is 0 Å². The van der Waals surface area contributed by atoms with E-state index in [1.54, 1.807) is 12.1 Å². The van der Waals surface area contributed by atoms with Crippen LogP contribution in [-0.4, -0.2) is 16.9 Å². The van der Waals surface area contributed by atoms with E-state index in [-0.39, 0.29) is 23.6 Å². The van der Waals surface area contributed by atoms with E-state index < -0.39 is 15.7 Å². The number of nitrogens with zero attached hydrogens (tertiary/aromatic N) is 3. The van der Waals surface area contributed by atoms with Crippen LogP contribution in [0.4, 0.5) is 21.5 Å². The summed E-state index contributed by atoms with van der Waals surface area (Å²) in [5.74, 6) is -0.616. The van der Waals surface area contributed by atoms with Crippen LogP contribution < -0.4 is 4.90 Å². The zero-order valence-corrected chi connectivity index (χ0v) is 11.6. The van der Waals surface area contributed by atoms with Crippen molar-refractivity contribution in [3.05, 3.63) is 74.1 Å². The van der Waals surface area contributed by atoms with Crippen LogP contribution in [0.15, 0.2) is 42.5 Å². The lowest BCUT2D eigenvalue weighted by Crippen LogP contribution is -2.18. The first-order valence-corrected chi connectivity index (χ1v) is 6.27. The number of anilines is 1. The van der Waals surface area contributed by atoms with E-state index in [1.165, 1.54) is 24.1 Å². The highest BCUT2D eigenvalue weighted by Crippen LogP contribution is 2.30. The second-order valence-electron chi connectivity index (χ2n) is 4.63. The topological polar surface area (TPSA) is 89.5 Å². The van der Waals surface area contributed by atoms with Gasteiger partial charge in [-0.3, -0.25) is 20.2 Å². The molecule has 0 aliphatic heterocycles. The van der Waals surface area contributed by atoms with Crippen LogP contribution in [0.3, 0.4) is 0 Å². The van der Waals surface area contributed by atoms with Gasteiger partial charge in [0.25, 0.3) is 11.4 Å². The maximum atomic E-state index is 13.4. The van der Waals surface area contributed by atoms with Gasteiger partial charge in [-0.15, -0.1) is 0 Å². The second-order valence-corrected chi connectivity index (χ2v) is 4.63. The molecule has 0 spiro atoms. The Balaban J connectivity index is 2.38. The summed E-state index contributed by atoms with van der Waals surface area (Å²) in [5.41, 5.74) is 0.0904. The van der Waals surface area contributed by atoms with Crippen LogP contribution in [0.25, 0.3) is 0 Å². The molecule has 2 aromatic carbocycles. The third kappa shape index (κ3) is 3.17. The summed E-state index contributed by atoms with van der Waals surface area (Å²) in [6, 6.07) is 9.18. The van der Waals surface area contributed by atoms with E-state index in [1.807, 2.05) is 0 Å². The largest absolute Gasteiger partial charge is 0.364 e. The van der Waals surface area contributed by atoms with Gasteiger partial charge < -0.3 is 4.90 Å². The molecule has 0 heterocycles. The number of hydrogen-bond donors (Lipinski definition) is 0. The molecule has 0 saturated heterocycles.